The number of amides is 1. The highest BCUT2D eigenvalue weighted by Crippen LogP contribution is 2.12. The second kappa shape index (κ2) is 8.79. The molecule has 3 N–H and O–H groups in total. The maximum atomic E-state index is 11.5. The number of hydrogen-bond acceptors (Lipinski definition) is 5. The van der Waals surface area contributed by atoms with Crippen LogP contribution in [0, 0.1) is 0 Å². The molecule has 1 rings (SSSR count). The molecule has 0 spiro atoms. The van der Waals surface area contributed by atoms with Crippen molar-refractivity contribution < 1.29 is 19.1 Å². The van der Waals surface area contributed by atoms with E-state index in [0.29, 0.717) is 37.4 Å². The van der Waals surface area contributed by atoms with Crippen LogP contribution < -0.4 is 15.8 Å². The highest BCUT2D eigenvalue weighted by molar-refractivity contribution is 5.77. The number of benzene rings is 1. The van der Waals surface area contributed by atoms with Gasteiger partial charge in [-0.15, -0.1) is 0 Å². The molecule has 20 heavy (non-hydrogen) atoms. The highest BCUT2D eigenvalue weighted by atomic mass is 16.5. The number of ether oxygens (including phenoxy) is 2. The number of nitrogen functional groups attached to an aromatic ring is 1. The Morgan fingerprint density at radius 1 is 1.25 bits per heavy atom. The number of anilines is 1. The number of esters is 1. The summed E-state index contributed by atoms with van der Waals surface area (Å²) < 4.78 is 10.1. The SMILES string of the molecule is CCOC(=O)CCCNC(=O)COc1ccc(N)cc1. The molecule has 0 fully saturated rings. The van der Waals surface area contributed by atoms with Gasteiger partial charge in [-0.3, -0.25) is 9.59 Å². The number of carbonyl (C=O) groups is 2. The van der Waals surface area contributed by atoms with Crippen molar-refractivity contribution in [3.63, 3.8) is 0 Å². The molecule has 0 saturated heterocycles. The van der Waals surface area contributed by atoms with E-state index in [9.17, 15) is 9.59 Å². The number of nitrogens with two attached hydrogens (primary N) is 1. The van der Waals surface area contributed by atoms with Crippen molar-refractivity contribution in [1.82, 2.24) is 5.32 Å². The molecule has 1 aromatic carbocycles. The minimum atomic E-state index is -0.250. The Morgan fingerprint density at radius 3 is 2.60 bits per heavy atom. The first-order valence-electron chi connectivity index (χ1n) is 6.52. The number of carbonyl (C=O) groups excluding carboxylic acids is 2. The largest absolute Gasteiger partial charge is 0.484 e. The van der Waals surface area contributed by atoms with E-state index in [2.05, 4.69) is 5.32 Å². The predicted molar refractivity (Wildman–Crippen MR) is 75.2 cm³/mol. The molecule has 0 heterocycles. The number of rotatable bonds is 8. The fraction of sp³-hybridized carbons (Fsp3) is 0.429. The van der Waals surface area contributed by atoms with Gasteiger partial charge in [0.1, 0.15) is 5.75 Å². The summed E-state index contributed by atoms with van der Waals surface area (Å²) >= 11 is 0. The normalized spacial score (nSPS) is 9.85. The Morgan fingerprint density at radius 2 is 1.95 bits per heavy atom. The van der Waals surface area contributed by atoms with Crippen LogP contribution in [0.1, 0.15) is 19.8 Å². The summed E-state index contributed by atoms with van der Waals surface area (Å²) in [6.45, 7) is 2.49. The van der Waals surface area contributed by atoms with E-state index in [1.54, 1.807) is 31.2 Å². The third kappa shape index (κ3) is 6.63. The van der Waals surface area contributed by atoms with E-state index in [4.69, 9.17) is 15.2 Å². The first kappa shape index (κ1) is 15.8. The Balaban J connectivity index is 2.11. The van der Waals surface area contributed by atoms with Crippen LogP contribution in [0.5, 0.6) is 5.75 Å². The average molecular weight is 280 g/mol. The molecule has 0 aliphatic heterocycles. The molecule has 0 aromatic heterocycles. The third-order valence-corrected chi connectivity index (χ3v) is 2.44. The Bertz CT molecular complexity index is 431. The quantitative estimate of drug-likeness (QED) is 0.423. The van der Waals surface area contributed by atoms with Gasteiger partial charge in [-0.05, 0) is 37.6 Å². The zero-order chi connectivity index (χ0) is 14.8. The molecule has 0 bridgehead atoms. The van der Waals surface area contributed by atoms with Gasteiger partial charge in [-0.1, -0.05) is 0 Å². The summed E-state index contributed by atoms with van der Waals surface area (Å²) in [6, 6.07) is 6.80. The van der Waals surface area contributed by atoms with Crippen molar-refractivity contribution in [2.45, 2.75) is 19.8 Å². The predicted octanol–water partition coefficient (Wildman–Crippen LogP) is 1.11. The average Bonchev–Trinajstić information content (AvgIpc) is 2.43. The van der Waals surface area contributed by atoms with Crippen molar-refractivity contribution in [3.05, 3.63) is 24.3 Å². The fourth-order valence-corrected chi connectivity index (χ4v) is 1.46. The zero-order valence-corrected chi connectivity index (χ0v) is 11.6. The lowest BCUT2D eigenvalue weighted by molar-refractivity contribution is -0.143. The molecule has 6 nitrogen and oxygen atoms in total. The zero-order valence-electron chi connectivity index (χ0n) is 11.6. The van der Waals surface area contributed by atoms with Gasteiger partial charge in [0.25, 0.3) is 5.91 Å². The molecule has 0 aliphatic rings. The first-order valence-corrected chi connectivity index (χ1v) is 6.52. The molecular formula is C14H20N2O4. The van der Waals surface area contributed by atoms with Gasteiger partial charge in [-0.2, -0.15) is 0 Å². The molecule has 6 heteroatoms. The Labute approximate surface area is 118 Å². The summed E-state index contributed by atoms with van der Waals surface area (Å²) in [5.74, 6) is 0.103. The van der Waals surface area contributed by atoms with Crippen molar-refractivity contribution in [1.29, 1.82) is 0 Å². The second-order valence-corrected chi connectivity index (χ2v) is 4.12. The Hall–Kier alpha value is -2.24. The molecule has 0 radical (unpaired) electrons. The van der Waals surface area contributed by atoms with E-state index in [0.717, 1.165) is 0 Å². The van der Waals surface area contributed by atoms with E-state index in [-0.39, 0.29) is 18.5 Å². The van der Waals surface area contributed by atoms with E-state index in [1.807, 2.05) is 0 Å². The standard InChI is InChI=1S/C14H20N2O4/c1-2-19-14(18)4-3-9-16-13(17)10-20-12-7-5-11(15)6-8-12/h5-8H,2-4,9-10,15H2,1H3,(H,16,17). The highest BCUT2D eigenvalue weighted by Gasteiger charge is 2.04. The smallest absolute Gasteiger partial charge is 0.305 e. The van der Waals surface area contributed by atoms with E-state index in [1.165, 1.54) is 0 Å². The molecule has 0 saturated carbocycles. The summed E-state index contributed by atoms with van der Waals surface area (Å²) in [5, 5.41) is 2.67. The molecular weight excluding hydrogens is 260 g/mol. The second-order valence-electron chi connectivity index (χ2n) is 4.12. The van der Waals surface area contributed by atoms with E-state index < -0.39 is 0 Å². The van der Waals surface area contributed by atoms with Crippen LogP contribution in [-0.2, 0) is 14.3 Å². The third-order valence-electron chi connectivity index (χ3n) is 2.44. The lowest BCUT2D eigenvalue weighted by Gasteiger charge is -2.07. The van der Waals surface area contributed by atoms with Gasteiger partial charge < -0.3 is 20.5 Å². The van der Waals surface area contributed by atoms with Crippen LogP contribution in [0.15, 0.2) is 24.3 Å². The lowest BCUT2D eigenvalue weighted by atomic mass is 10.3. The van der Waals surface area contributed by atoms with Crippen LogP contribution in [-0.4, -0.2) is 31.6 Å². The molecule has 1 aromatic rings. The van der Waals surface area contributed by atoms with Crippen LogP contribution in [0.3, 0.4) is 0 Å². The molecule has 1 amide bonds. The van der Waals surface area contributed by atoms with Crippen LogP contribution in [0.4, 0.5) is 5.69 Å². The molecule has 0 atom stereocenters. The first-order chi connectivity index (χ1) is 9.61. The monoisotopic (exact) mass is 280 g/mol. The molecule has 110 valence electrons. The van der Waals surface area contributed by atoms with Crippen molar-refractivity contribution in [2.75, 3.05) is 25.5 Å². The Kier molecular flexibility index (Phi) is 6.95. The lowest BCUT2D eigenvalue weighted by Crippen LogP contribution is -2.30. The van der Waals surface area contributed by atoms with Gasteiger partial charge in [0.2, 0.25) is 0 Å². The van der Waals surface area contributed by atoms with Gasteiger partial charge in [0.05, 0.1) is 6.61 Å². The topological polar surface area (TPSA) is 90.6 Å². The molecule has 0 aliphatic carbocycles. The van der Waals surface area contributed by atoms with Crippen LogP contribution in [0.2, 0.25) is 0 Å². The van der Waals surface area contributed by atoms with Gasteiger partial charge >= 0.3 is 5.97 Å². The summed E-state index contributed by atoms with van der Waals surface area (Å²) in [5.41, 5.74) is 6.18. The fourth-order valence-electron chi connectivity index (χ4n) is 1.46. The van der Waals surface area contributed by atoms with Crippen molar-refractivity contribution in [3.8, 4) is 5.75 Å². The maximum Gasteiger partial charge on any atom is 0.305 e. The summed E-state index contributed by atoms with van der Waals surface area (Å²) in [7, 11) is 0. The number of hydrogen-bond donors (Lipinski definition) is 2. The maximum absolute atomic E-state index is 11.5. The molecule has 0 unspecified atom stereocenters. The summed E-state index contributed by atoms with van der Waals surface area (Å²) in [6.07, 6.45) is 0.847. The van der Waals surface area contributed by atoms with Crippen molar-refractivity contribution in [2.24, 2.45) is 0 Å². The van der Waals surface area contributed by atoms with Crippen LogP contribution >= 0.6 is 0 Å². The van der Waals surface area contributed by atoms with Gasteiger partial charge in [0, 0.05) is 18.7 Å². The van der Waals surface area contributed by atoms with Gasteiger partial charge in [-0.25, -0.2) is 0 Å². The minimum Gasteiger partial charge on any atom is -0.484 e. The minimum absolute atomic E-state index is 0.0661. The number of nitrogens with one attached hydrogen (secondary N) is 1. The summed E-state index contributed by atoms with van der Waals surface area (Å²) in [4.78, 5) is 22.5. The van der Waals surface area contributed by atoms with Gasteiger partial charge in [0.15, 0.2) is 6.61 Å². The van der Waals surface area contributed by atoms with Crippen molar-refractivity contribution >= 4 is 17.6 Å². The van der Waals surface area contributed by atoms with E-state index >= 15 is 0 Å². The van der Waals surface area contributed by atoms with Crippen LogP contribution in [0.25, 0.3) is 0 Å².